The molecular weight excluding hydrogens is 421 g/mol. The summed E-state index contributed by atoms with van der Waals surface area (Å²) in [6.45, 7) is 2.08. The Morgan fingerprint density at radius 3 is 2.69 bits per heavy atom. The molecule has 0 unspecified atom stereocenters. The molecule has 2 atom stereocenters. The molecule has 0 bridgehead atoms. The SMILES string of the molecule is Cc1ccc(NC(=O)CN2N=N[C@@H]3C(=O)N(c4ccc5c(c4)OCCO5)C(=O)[C@@H]32)cc1F. The van der Waals surface area contributed by atoms with Crippen molar-refractivity contribution in [1.29, 1.82) is 0 Å². The minimum atomic E-state index is -1.04. The predicted molar refractivity (Wildman–Crippen MR) is 109 cm³/mol. The van der Waals surface area contributed by atoms with Crippen molar-refractivity contribution in [2.24, 2.45) is 10.3 Å². The van der Waals surface area contributed by atoms with Crippen LogP contribution < -0.4 is 19.7 Å². The largest absolute Gasteiger partial charge is 0.486 e. The number of carbonyl (C=O) groups excluding carboxylic acids is 3. The van der Waals surface area contributed by atoms with E-state index in [0.717, 1.165) is 4.90 Å². The number of aryl methyl sites for hydroxylation is 1. The number of benzene rings is 2. The first-order valence-corrected chi connectivity index (χ1v) is 9.93. The number of hydrogen-bond acceptors (Lipinski definition) is 8. The molecule has 3 aliphatic rings. The van der Waals surface area contributed by atoms with Gasteiger partial charge in [-0.1, -0.05) is 11.3 Å². The molecule has 2 aromatic carbocycles. The summed E-state index contributed by atoms with van der Waals surface area (Å²) in [5, 5.41) is 11.5. The molecule has 3 aliphatic heterocycles. The van der Waals surface area contributed by atoms with E-state index in [9.17, 15) is 18.8 Å². The molecule has 0 aromatic heterocycles. The molecular formula is C21H18FN5O5. The van der Waals surface area contributed by atoms with Crippen LogP contribution in [0.5, 0.6) is 11.5 Å². The third kappa shape index (κ3) is 3.31. The first-order valence-electron chi connectivity index (χ1n) is 9.93. The van der Waals surface area contributed by atoms with E-state index in [-0.39, 0.29) is 12.2 Å². The number of carbonyl (C=O) groups is 3. The number of imide groups is 1. The molecule has 0 saturated carbocycles. The van der Waals surface area contributed by atoms with Crippen LogP contribution in [0.1, 0.15) is 5.56 Å². The summed E-state index contributed by atoms with van der Waals surface area (Å²) < 4.78 is 24.7. The number of anilines is 2. The molecule has 1 N–H and O–H groups in total. The van der Waals surface area contributed by atoms with Gasteiger partial charge in [0.1, 0.15) is 25.6 Å². The molecule has 1 saturated heterocycles. The van der Waals surface area contributed by atoms with E-state index in [1.54, 1.807) is 37.3 Å². The van der Waals surface area contributed by atoms with Gasteiger partial charge in [0.25, 0.3) is 11.8 Å². The Kier molecular flexibility index (Phi) is 4.72. The monoisotopic (exact) mass is 439 g/mol. The van der Waals surface area contributed by atoms with Gasteiger partial charge in [0.2, 0.25) is 5.91 Å². The Labute approximate surface area is 181 Å². The molecule has 2 aromatic rings. The van der Waals surface area contributed by atoms with Gasteiger partial charge in [-0.25, -0.2) is 9.29 Å². The number of nitrogens with zero attached hydrogens (tertiary/aromatic N) is 4. The van der Waals surface area contributed by atoms with Crippen molar-refractivity contribution in [3.8, 4) is 11.5 Å². The van der Waals surface area contributed by atoms with Crippen molar-refractivity contribution in [2.45, 2.75) is 19.0 Å². The molecule has 10 nitrogen and oxygen atoms in total. The van der Waals surface area contributed by atoms with Gasteiger partial charge < -0.3 is 14.8 Å². The first kappa shape index (κ1) is 19.9. The highest BCUT2D eigenvalue weighted by Crippen LogP contribution is 2.37. The fourth-order valence-corrected chi connectivity index (χ4v) is 3.80. The topological polar surface area (TPSA) is 113 Å². The van der Waals surface area contributed by atoms with Crippen LogP contribution in [-0.4, -0.2) is 54.6 Å². The standard InChI is InChI=1S/C21H18FN5O5/c1-11-2-3-12(8-14(11)22)23-17(28)10-26-19-18(24-25-26)20(29)27(21(19)30)13-4-5-15-16(9-13)32-7-6-31-15/h2-5,8-9,18-19H,6-7,10H2,1H3,(H,23,28)/t18-,19+/m0/s1. The third-order valence-electron chi connectivity index (χ3n) is 5.40. The predicted octanol–water partition coefficient (Wildman–Crippen LogP) is 1.84. The van der Waals surface area contributed by atoms with E-state index in [0.29, 0.717) is 36.0 Å². The Morgan fingerprint density at radius 1 is 1.12 bits per heavy atom. The van der Waals surface area contributed by atoms with Crippen LogP contribution in [0.15, 0.2) is 46.7 Å². The average Bonchev–Trinajstić information content (AvgIpc) is 3.29. The Balaban J connectivity index is 1.31. The molecule has 1 fully saturated rings. The summed E-state index contributed by atoms with van der Waals surface area (Å²) in [7, 11) is 0. The second kappa shape index (κ2) is 7.59. The molecule has 3 amide bonds. The van der Waals surface area contributed by atoms with Crippen molar-refractivity contribution in [3.05, 3.63) is 47.8 Å². The van der Waals surface area contributed by atoms with Gasteiger partial charge >= 0.3 is 0 Å². The normalized spacial score (nSPS) is 21.2. The summed E-state index contributed by atoms with van der Waals surface area (Å²) in [5.41, 5.74) is 1.05. The minimum absolute atomic E-state index is 0.275. The highest BCUT2D eigenvalue weighted by atomic mass is 19.1. The first-order chi connectivity index (χ1) is 15.4. The number of amides is 3. The molecule has 0 spiro atoms. The van der Waals surface area contributed by atoms with Crippen molar-refractivity contribution in [3.63, 3.8) is 0 Å². The summed E-state index contributed by atoms with van der Waals surface area (Å²) in [5.74, 6) is -1.08. The van der Waals surface area contributed by atoms with Crippen molar-refractivity contribution in [2.75, 3.05) is 30.0 Å². The fourth-order valence-electron chi connectivity index (χ4n) is 3.80. The minimum Gasteiger partial charge on any atom is -0.486 e. The molecule has 32 heavy (non-hydrogen) atoms. The zero-order valence-electron chi connectivity index (χ0n) is 16.9. The highest BCUT2D eigenvalue weighted by Gasteiger charge is 2.55. The van der Waals surface area contributed by atoms with Crippen LogP contribution in [0, 0.1) is 12.7 Å². The van der Waals surface area contributed by atoms with Gasteiger partial charge in [0, 0.05) is 11.8 Å². The maximum Gasteiger partial charge on any atom is 0.263 e. The Hall–Kier alpha value is -4.02. The van der Waals surface area contributed by atoms with Crippen LogP contribution in [0.2, 0.25) is 0 Å². The van der Waals surface area contributed by atoms with Crippen molar-refractivity contribution < 1.29 is 28.2 Å². The van der Waals surface area contributed by atoms with Gasteiger partial charge in [-0.05, 0) is 36.8 Å². The summed E-state index contributed by atoms with van der Waals surface area (Å²) in [6.07, 6.45) is 0. The lowest BCUT2D eigenvalue weighted by molar-refractivity contribution is -0.123. The number of nitrogens with one attached hydrogen (secondary N) is 1. The van der Waals surface area contributed by atoms with Gasteiger partial charge in [-0.2, -0.15) is 5.11 Å². The summed E-state index contributed by atoms with van der Waals surface area (Å²) >= 11 is 0. The van der Waals surface area contributed by atoms with Crippen molar-refractivity contribution >= 4 is 29.1 Å². The lowest BCUT2D eigenvalue weighted by Gasteiger charge is -2.22. The Bertz CT molecular complexity index is 1170. The molecule has 0 aliphatic carbocycles. The van der Waals surface area contributed by atoms with E-state index >= 15 is 0 Å². The third-order valence-corrected chi connectivity index (χ3v) is 5.40. The van der Waals surface area contributed by atoms with Crippen LogP contribution in [0.25, 0.3) is 0 Å². The van der Waals surface area contributed by atoms with E-state index < -0.39 is 35.6 Å². The second-order valence-electron chi connectivity index (χ2n) is 7.54. The van der Waals surface area contributed by atoms with E-state index in [4.69, 9.17) is 9.47 Å². The smallest absolute Gasteiger partial charge is 0.263 e. The molecule has 11 heteroatoms. The van der Waals surface area contributed by atoms with E-state index in [1.165, 1.54) is 11.1 Å². The van der Waals surface area contributed by atoms with Crippen LogP contribution in [-0.2, 0) is 14.4 Å². The molecule has 0 radical (unpaired) electrons. The van der Waals surface area contributed by atoms with Crippen LogP contribution in [0.4, 0.5) is 15.8 Å². The zero-order chi connectivity index (χ0) is 22.4. The zero-order valence-corrected chi connectivity index (χ0v) is 16.9. The van der Waals surface area contributed by atoms with Gasteiger partial charge in [0.15, 0.2) is 23.6 Å². The Morgan fingerprint density at radius 2 is 1.91 bits per heavy atom. The van der Waals surface area contributed by atoms with Crippen LogP contribution in [0.3, 0.4) is 0 Å². The quantitative estimate of drug-likeness (QED) is 0.728. The number of ether oxygens (including phenoxy) is 2. The maximum absolute atomic E-state index is 13.7. The number of fused-ring (bicyclic) bond motifs is 2. The second-order valence-corrected chi connectivity index (χ2v) is 7.54. The van der Waals surface area contributed by atoms with Crippen LogP contribution >= 0.6 is 0 Å². The lowest BCUT2D eigenvalue weighted by Crippen LogP contribution is -2.43. The fraction of sp³-hybridized carbons (Fsp3) is 0.286. The molecule has 3 heterocycles. The molecule has 5 rings (SSSR count). The summed E-state index contributed by atoms with van der Waals surface area (Å²) in [6, 6.07) is 7.02. The van der Waals surface area contributed by atoms with Gasteiger partial charge in [-0.15, -0.1) is 0 Å². The van der Waals surface area contributed by atoms with Crippen molar-refractivity contribution in [1.82, 2.24) is 5.01 Å². The number of halogens is 1. The number of hydrogen-bond donors (Lipinski definition) is 1. The number of rotatable bonds is 4. The lowest BCUT2D eigenvalue weighted by atomic mass is 10.1. The average molecular weight is 439 g/mol. The highest BCUT2D eigenvalue weighted by molar-refractivity contribution is 6.25. The van der Waals surface area contributed by atoms with E-state index in [1.807, 2.05) is 0 Å². The molecule has 164 valence electrons. The van der Waals surface area contributed by atoms with Gasteiger partial charge in [0.05, 0.1) is 5.69 Å². The maximum atomic E-state index is 13.7. The summed E-state index contributed by atoms with van der Waals surface area (Å²) in [4.78, 5) is 39.4. The van der Waals surface area contributed by atoms with E-state index in [2.05, 4.69) is 15.7 Å². The van der Waals surface area contributed by atoms with Gasteiger partial charge in [-0.3, -0.25) is 19.4 Å².